The minimum atomic E-state index is -0.685. The van der Waals surface area contributed by atoms with Gasteiger partial charge in [0.1, 0.15) is 0 Å². The number of methoxy groups -OCH3 is 1. The predicted octanol–water partition coefficient (Wildman–Crippen LogP) is 1.75. The lowest BCUT2D eigenvalue weighted by atomic mass is 9.85. The summed E-state index contributed by atoms with van der Waals surface area (Å²) in [6, 6.07) is 5.22. The Balaban J connectivity index is 2.45. The molecule has 0 bridgehead atoms. The third-order valence-electron chi connectivity index (χ3n) is 5.15. The van der Waals surface area contributed by atoms with Crippen LogP contribution >= 0.6 is 0 Å². The Kier molecular flexibility index (Phi) is 7.57. The molecule has 9 nitrogen and oxygen atoms in total. The fraction of sp³-hybridized carbons (Fsp3) is 0.364. The summed E-state index contributed by atoms with van der Waals surface area (Å²) in [5, 5.41) is 2.82. The molecule has 0 radical (unpaired) electrons. The highest BCUT2D eigenvalue weighted by Crippen LogP contribution is 2.26. The van der Waals surface area contributed by atoms with Crippen LogP contribution in [0.3, 0.4) is 0 Å². The zero-order valence-corrected chi connectivity index (χ0v) is 18.5. The molecule has 2 rings (SSSR count). The summed E-state index contributed by atoms with van der Waals surface area (Å²) >= 11 is 0. The van der Waals surface area contributed by atoms with E-state index in [4.69, 9.17) is 21.2 Å². The summed E-state index contributed by atoms with van der Waals surface area (Å²) in [7, 11) is 1.55. The Labute approximate surface area is 182 Å². The van der Waals surface area contributed by atoms with Crippen molar-refractivity contribution in [2.75, 3.05) is 13.7 Å². The zero-order valence-electron chi connectivity index (χ0n) is 18.5. The highest BCUT2D eigenvalue weighted by Gasteiger charge is 2.28. The molecule has 9 heteroatoms. The molecule has 0 spiro atoms. The van der Waals surface area contributed by atoms with Crippen LogP contribution in [0.25, 0.3) is 11.1 Å². The van der Waals surface area contributed by atoms with Crippen molar-refractivity contribution in [1.29, 1.82) is 0 Å². The maximum Gasteiger partial charge on any atom is 0.252 e. The standard InChI is InChI=1S/C22H30N6O3/c1-13(22(3,4)12-27-14(2)29)28-20(17(9-23)21(24)30)18-8-16(11-25-18)15-6-7-19(31-5)26-10-15/h6-11,13,25H,12,23H2,1-5H3,(H2,24,30)(H,27,29). The van der Waals surface area contributed by atoms with Crippen molar-refractivity contribution in [2.45, 2.75) is 33.7 Å². The number of rotatable bonds is 9. The molecular formula is C22H30N6O3. The molecule has 2 amide bonds. The Bertz CT molecular complexity index is 989. The molecule has 1 atom stereocenters. The van der Waals surface area contributed by atoms with Crippen molar-refractivity contribution < 1.29 is 14.3 Å². The van der Waals surface area contributed by atoms with Gasteiger partial charge in [-0.3, -0.25) is 14.6 Å². The minimum absolute atomic E-state index is 0.100. The van der Waals surface area contributed by atoms with Gasteiger partial charge in [-0.05, 0) is 19.1 Å². The van der Waals surface area contributed by atoms with Crippen molar-refractivity contribution in [2.24, 2.45) is 21.9 Å². The lowest BCUT2D eigenvalue weighted by molar-refractivity contribution is -0.119. The van der Waals surface area contributed by atoms with Crippen LogP contribution in [0, 0.1) is 5.41 Å². The van der Waals surface area contributed by atoms with E-state index in [1.54, 1.807) is 25.6 Å². The second kappa shape index (κ2) is 9.92. The predicted molar refractivity (Wildman–Crippen MR) is 121 cm³/mol. The number of primary amides is 1. The summed E-state index contributed by atoms with van der Waals surface area (Å²) in [6.45, 7) is 7.76. The number of H-pyrrole nitrogens is 1. The third-order valence-corrected chi connectivity index (χ3v) is 5.15. The number of nitrogens with two attached hydrogens (primary N) is 2. The van der Waals surface area contributed by atoms with Crippen molar-refractivity contribution >= 4 is 17.5 Å². The summed E-state index contributed by atoms with van der Waals surface area (Å²) in [5.41, 5.74) is 13.6. The number of carbonyl (C=O) groups is 2. The Morgan fingerprint density at radius 1 is 1.35 bits per heavy atom. The van der Waals surface area contributed by atoms with E-state index in [-0.39, 0.29) is 22.9 Å². The van der Waals surface area contributed by atoms with Gasteiger partial charge in [0.25, 0.3) is 5.91 Å². The van der Waals surface area contributed by atoms with Gasteiger partial charge in [0.05, 0.1) is 30.1 Å². The van der Waals surface area contributed by atoms with Crippen LogP contribution in [0.2, 0.25) is 0 Å². The highest BCUT2D eigenvalue weighted by atomic mass is 16.5. The smallest absolute Gasteiger partial charge is 0.252 e. The summed E-state index contributed by atoms with van der Waals surface area (Å²) in [4.78, 5) is 35.5. The van der Waals surface area contributed by atoms with E-state index in [2.05, 4.69) is 15.3 Å². The van der Waals surface area contributed by atoms with Gasteiger partial charge >= 0.3 is 0 Å². The number of pyridine rings is 1. The molecule has 1 unspecified atom stereocenters. The number of ether oxygens (including phenoxy) is 1. The number of nitrogens with zero attached hydrogens (tertiary/aromatic N) is 2. The first-order valence-electron chi connectivity index (χ1n) is 9.82. The molecule has 2 aromatic heterocycles. The maximum atomic E-state index is 12.0. The Morgan fingerprint density at radius 3 is 2.58 bits per heavy atom. The molecule has 166 valence electrons. The third kappa shape index (κ3) is 5.94. The normalized spacial score (nSPS) is 13.6. The van der Waals surface area contributed by atoms with Gasteiger partial charge in [0.15, 0.2) is 0 Å². The van der Waals surface area contributed by atoms with Crippen LogP contribution in [0.1, 0.15) is 33.4 Å². The molecule has 0 aliphatic heterocycles. The molecule has 0 aromatic carbocycles. The van der Waals surface area contributed by atoms with E-state index >= 15 is 0 Å². The van der Waals surface area contributed by atoms with Crippen LogP contribution < -0.4 is 21.5 Å². The molecule has 0 saturated carbocycles. The molecule has 0 aliphatic carbocycles. The first kappa shape index (κ1) is 23.7. The second-order valence-corrected chi connectivity index (χ2v) is 7.89. The lowest BCUT2D eigenvalue weighted by Crippen LogP contribution is -2.39. The van der Waals surface area contributed by atoms with Crippen LogP contribution in [0.15, 0.2) is 47.4 Å². The molecule has 2 aromatic rings. The zero-order chi connectivity index (χ0) is 23.2. The Hall–Kier alpha value is -3.62. The average Bonchev–Trinajstić information content (AvgIpc) is 3.21. The quantitative estimate of drug-likeness (QED) is 0.356. The maximum absolute atomic E-state index is 12.0. The van der Waals surface area contributed by atoms with E-state index in [1.165, 1.54) is 6.92 Å². The second-order valence-electron chi connectivity index (χ2n) is 7.89. The van der Waals surface area contributed by atoms with Crippen LogP contribution in [-0.4, -0.2) is 47.2 Å². The van der Waals surface area contributed by atoms with Gasteiger partial charge < -0.3 is 26.5 Å². The molecule has 0 saturated heterocycles. The van der Waals surface area contributed by atoms with Crippen molar-refractivity contribution in [1.82, 2.24) is 15.3 Å². The first-order chi connectivity index (χ1) is 14.6. The number of amides is 2. The molecule has 0 aliphatic rings. The van der Waals surface area contributed by atoms with E-state index in [0.29, 0.717) is 23.8 Å². The van der Waals surface area contributed by atoms with E-state index in [9.17, 15) is 9.59 Å². The number of nitrogens with one attached hydrogen (secondary N) is 2. The highest BCUT2D eigenvalue weighted by molar-refractivity contribution is 6.27. The molecular weight excluding hydrogens is 396 g/mol. The largest absolute Gasteiger partial charge is 0.481 e. The Morgan fingerprint density at radius 2 is 2.06 bits per heavy atom. The first-order valence-corrected chi connectivity index (χ1v) is 9.82. The number of aromatic amines is 1. The average molecular weight is 427 g/mol. The van der Waals surface area contributed by atoms with Crippen LogP contribution in [0.4, 0.5) is 0 Å². The molecule has 6 N–H and O–H groups in total. The fourth-order valence-corrected chi connectivity index (χ4v) is 2.80. The van der Waals surface area contributed by atoms with Crippen molar-refractivity contribution in [3.63, 3.8) is 0 Å². The fourth-order valence-electron chi connectivity index (χ4n) is 2.80. The van der Waals surface area contributed by atoms with Gasteiger partial charge in [-0.25, -0.2) is 4.98 Å². The van der Waals surface area contributed by atoms with Gasteiger partial charge in [-0.1, -0.05) is 13.8 Å². The van der Waals surface area contributed by atoms with E-state index < -0.39 is 5.91 Å². The molecule has 31 heavy (non-hydrogen) atoms. The van der Waals surface area contributed by atoms with Crippen LogP contribution in [-0.2, 0) is 9.59 Å². The van der Waals surface area contributed by atoms with Crippen molar-refractivity contribution in [3.05, 3.63) is 48.1 Å². The van der Waals surface area contributed by atoms with Gasteiger partial charge in [0.2, 0.25) is 11.8 Å². The molecule has 2 heterocycles. The lowest BCUT2D eigenvalue weighted by Gasteiger charge is -2.30. The van der Waals surface area contributed by atoms with E-state index in [0.717, 1.165) is 17.3 Å². The van der Waals surface area contributed by atoms with Crippen molar-refractivity contribution in [3.8, 4) is 17.0 Å². The number of hydrogen-bond donors (Lipinski definition) is 4. The van der Waals surface area contributed by atoms with Gasteiger partial charge in [-0.2, -0.15) is 0 Å². The molecule has 0 fully saturated rings. The van der Waals surface area contributed by atoms with Gasteiger partial charge in [0, 0.05) is 54.7 Å². The number of aromatic nitrogens is 2. The topological polar surface area (TPSA) is 148 Å². The number of aliphatic imine (C=N–C) groups is 1. The number of hydrogen-bond acceptors (Lipinski definition) is 6. The number of carbonyl (C=O) groups excluding carboxylic acids is 2. The summed E-state index contributed by atoms with van der Waals surface area (Å²) in [5.74, 6) is -0.291. The van der Waals surface area contributed by atoms with Gasteiger partial charge in [-0.15, -0.1) is 0 Å². The SMILES string of the molecule is COc1ccc(-c2c[nH]c(C(=NC(C)C(C)(C)CNC(C)=O)C(=CN)C(N)=O)c2)cn1. The summed E-state index contributed by atoms with van der Waals surface area (Å²) < 4.78 is 5.09. The minimum Gasteiger partial charge on any atom is -0.481 e. The van der Waals surface area contributed by atoms with Crippen LogP contribution in [0.5, 0.6) is 5.88 Å². The summed E-state index contributed by atoms with van der Waals surface area (Å²) in [6.07, 6.45) is 4.64. The van der Waals surface area contributed by atoms with E-state index in [1.807, 2.05) is 32.9 Å². The monoisotopic (exact) mass is 426 g/mol.